The topological polar surface area (TPSA) is 0 Å². The predicted molar refractivity (Wildman–Crippen MR) is 17.3 cm³/mol. The smallest absolute Gasteiger partial charge is 0 e. The Morgan fingerprint density at radius 1 is 1.00 bits per heavy atom. The molecule has 0 bridgehead atoms. The van der Waals surface area contributed by atoms with Gasteiger partial charge in [-0.3, -0.25) is 0 Å². The Balaban J connectivity index is 0. The van der Waals surface area contributed by atoms with Gasteiger partial charge in [0.25, 0.3) is 0 Å². The van der Waals surface area contributed by atoms with Crippen LogP contribution >= 0.6 is 0 Å². The van der Waals surface area contributed by atoms with Crippen LogP contribution in [0.2, 0.25) is 0 Å². The van der Waals surface area contributed by atoms with E-state index in [0.29, 0.717) is 0 Å². The third-order valence-corrected chi connectivity index (χ3v) is 0. The average molecular weight is 275 g/mol. The first-order valence-corrected chi connectivity index (χ1v) is 0. The SMILES string of the molecule is [Al].[Cu].[Ga].[In]. The molecule has 0 nitrogen and oxygen atoms in total. The Morgan fingerprint density at radius 3 is 1.00 bits per heavy atom. The van der Waals surface area contributed by atoms with Crippen molar-refractivity contribution in [3.05, 3.63) is 0 Å². The molecule has 4 heteroatoms. The molecule has 4 heavy (non-hydrogen) atoms. The number of rotatable bonds is 0. The van der Waals surface area contributed by atoms with Crippen molar-refractivity contribution >= 4 is 63.0 Å². The molecule has 0 fully saturated rings. The van der Waals surface area contributed by atoms with Crippen LogP contribution in [0.15, 0.2) is 0 Å². The second-order valence-electron chi connectivity index (χ2n) is 0. The minimum atomic E-state index is 0. The van der Waals surface area contributed by atoms with E-state index in [2.05, 4.69) is 0 Å². The Kier molecular flexibility index (Phi) is 137. The molecule has 0 aliphatic heterocycles. The molecular formula is AlCuGaIn. The van der Waals surface area contributed by atoms with Gasteiger partial charge in [-0.05, 0) is 0 Å². The summed E-state index contributed by atoms with van der Waals surface area (Å²) in [7, 11) is 0. The second-order valence-corrected chi connectivity index (χ2v) is 0. The van der Waals surface area contributed by atoms with Crippen LogP contribution in [0.5, 0.6) is 0 Å². The van der Waals surface area contributed by atoms with Crippen molar-refractivity contribution in [1.82, 2.24) is 0 Å². The van der Waals surface area contributed by atoms with E-state index in [4.69, 9.17) is 0 Å². The second kappa shape index (κ2) is 17.6. The fourth-order valence-electron chi connectivity index (χ4n) is 0. The van der Waals surface area contributed by atoms with Gasteiger partial charge >= 0.3 is 0 Å². The van der Waals surface area contributed by atoms with Crippen molar-refractivity contribution in [2.75, 3.05) is 0 Å². The van der Waals surface area contributed by atoms with Gasteiger partial charge in [-0.1, -0.05) is 0 Å². The van der Waals surface area contributed by atoms with Gasteiger partial charge < -0.3 is 0 Å². The first-order chi connectivity index (χ1) is 0. The molecule has 0 saturated heterocycles. The van der Waals surface area contributed by atoms with E-state index < -0.39 is 0 Å². The molecule has 0 atom stereocenters. The molecule has 0 aromatic carbocycles. The zero-order valence-corrected chi connectivity index (χ0v) is 9.85. The molecule has 10 radical (unpaired) electrons. The molecule has 0 spiro atoms. The maximum atomic E-state index is 0. The van der Waals surface area contributed by atoms with E-state index in [1.807, 2.05) is 0 Å². The zero-order valence-electron chi connectivity index (χ0n) is 2.03. The number of hydrogen-bond donors (Lipinski definition) is 0. The summed E-state index contributed by atoms with van der Waals surface area (Å²) >= 11 is 0. The van der Waals surface area contributed by atoms with Crippen LogP contribution < -0.4 is 0 Å². The summed E-state index contributed by atoms with van der Waals surface area (Å²) in [6, 6.07) is 0. The van der Waals surface area contributed by atoms with Crippen LogP contribution in [-0.2, 0) is 17.1 Å². The fraction of sp³-hybridized carbons (Fsp3) is 0. The Morgan fingerprint density at radius 2 is 1.00 bits per heavy atom. The monoisotopic (exact) mass is 274 g/mol. The first-order valence-electron chi connectivity index (χ1n) is 0. The van der Waals surface area contributed by atoms with Crippen molar-refractivity contribution in [1.29, 1.82) is 0 Å². The van der Waals surface area contributed by atoms with Crippen molar-refractivity contribution < 1.29 is 17.1 Å². The summed E-state index contributed by atoms with van der Waals surface area (Å²) < 4.78 is 0. The van der Waals surface area contributed by atoms with Crippen molar-refractivity contribution in [3.8, 4) is 0 Å². The van der Waals surface area contributed by atoms with Crippen LogP contribution in [0.4, 0.5) is 0 Å². The average Bonchev–Trinajstić information content (AvgIpc) is 0. The molecule has 0 aliphatic carbocycles. The van der Waals surface area contributed by atoms with Gasteiger partial charge in [-0.2, -0.15) is 0 Å². The number of hydrogen-bond acceptors (Lipinski definition) is 0. The molecular weight excluding hydrogens is 275 g/mol. The van der Waals surface area contributed by atoms with Crippen molar-refractivity contribution in [3.63, 3.8) is 0 Å². The normalized spacial score (nSPS) is 0. The predicted octanol–water partition coefficient (Wildman–Crippen LogP) is -1.14. The molecule has 0 N–H and O–H groups in total. The maximum absolute atomic E-state index is 0. The van der Waals surface area contributed by atoms with Gasteiger partial charge in [0, 0.05) is 80.1 Å². The van der Waals surface area contributed by atoms with Crippen LogP contribution in [0.3, 0.4) is 0 Å². The molecule has 20 valence electrons. The van der Waals surface area contributed by atoms with Crippen LogP contribution in [-0.4, -0.2) is 63.0 Å². The first kappa shape index (κ1) is 31.0. The van der Waals surface area contributed by atoms with Crippen molar-refractivity contribution in [2.45, 2.75) is 0 Å². The molecule has 0 unspecified atom stereocenters. The van der Waals surface area contributed by atoms with E-state index in [1.165, 1.54) is 0 Å². The molecule has 0 aromatic heterocycles. The molecule has 0 aromatic rings. The largest absolute Gasteiger partial charge is 0 e. The fourth-order valence-corrected chi connectivity index (χ4v) is 0. The summed E-state index contributed by atoms with van der Waals surface area (Å²) in [6.45, 7) is 0. The summed E-state index contributed by atoms with van der Waals surface area (Å²) in [6.07, 6.45) is 0. The molecule has 0 aliphatic rings. The Labute approximate surface area is 78.9 Å². The van der Waals surface area contributed by atoms with Gasteiger partial charge in [0.1, 0.15) is 0 Å². The quantitative estimate of drug-likeness (QED) is 0.490. The molecule has 0 amide bonds. The summed E-state index contributed by atoms with van der Waals surface area (Å²) in [5.74, 6) is 0. The molecule has 0 rings (SSSR count). The minimum absolute atomic E-state index is 0. The van der Waals surface area contributed by atoms with Gasteiger partial charge in [0.15, 0.2) is 0 Å². The van der Waals surface area contributed by atoms with Gasteiger partial charge in [0.05, 0.1) is 0 Å². The summed E-state index contributed by atoms with van der Waals surface area (Å²) in [5.41, 5.74) is 0. The third-order valence-electron chi connectivity index (χ3n) is 0. The van der Waals surface area contributed by atoms with E-state index >= 15 is 0 Å². The van der Waals surface area contributed by atoms with Gasteiger partial charge in [-0.25, -0.2) is 0 Å². The zero-order chi connectivity index (χ0) is 0. The Hall–Kier alpha value is 2.56. The van der Waals surface area contributed by atoms with E-state index in [0.717, 1.165) is 0 Å². The van der Waals surface area contributed by atoms with E-state index in [1.54, 1.807) is 0 Å². The van der Waals surface area contributed by atoms with Gasteiger partial charge in [-0.15, -0.1) is 0 Å². The molecule has 0 saturated carbocycles. The summed E-state index contributed by atoms with van der Waals surface area (Å²) in [4.78, 5) is 0. The summed E-state index contributed by atoms with van der Waals surface area (Å²) in [5, 5.41) is 0. The standard InChI is InChI=1S/Al.Cu.Ga.In. The van der Waals surface area contributed by atoms with Gasteiger partial charge in [0.2, 0.25) is 0 Å². The van der Waals surface area contributed by atoms with E-state index in [-0.39, 0.29) is 80.1 Å². The molecule has 0 heterocycles. The van der Waals surface area contributed by atoms with Crippen LogP contribution in [0.1, 0.15) is 0 Å². The van der Waals surface area contributed by atoms with Crippen LogP contribution in [0, 0.1) is 0 Å². The van der Waals surface area contributed by atoms with Crippen LogP contribution in [0.25, 0.3) is 0 Å². The minimum Gasteiger partial charge on any atom is 0 e. The van der Waals surface area contributed by atoms with Crippen molar-refractivity contribution in [2.24, 2.45) is 0 Å². The maximum Gasteiger partial charge on any atom is 0 e. The Bertz CT molecular complexity index is 8.00. The third kappa shape index (κ3) is 8.82. The van der Waals surface area contributed by atoms with E-state index in [9.17, 15) is 0 Å².